The summed E-state index contributed by atoms with van der Waals surface area (Å²) in [7, 11) is -3.23. The number of sulfone groups is 1. The van der Waals surface area contributed by atoms with E-state index in [9.17, 15) is 13.2 Å². The van der Waals surface area contributed by atoms with Crippen molar-refractivity contribution < 1.29 is 18.3 Å². The topological polar surface area (TPSA) is 84.3 Å². The fourth-order valence-electron chi connectivity index (χ4n) is 1.58. The van der Waals surface area contributed by atoms with Crippen molar-refractivity contribution in [3.8, 4) is 10.4 Å². The quantitative estimate of drug-likeness (QED) is 0.933. The number of aromatic nitrogens is 1. The second-order valence-corrected chi connectivity index (χ2v) is 7.25. The van der Waals surface area contributed by atoms with Crippen LogP contribution in [0.25, 0.3) is 10.4 Å². The van der Waals surface area contributed by atoms with Gasteiger partial charge in [0.1, 0.15) is 10.8 Å². The van der Waals surface area contributed by atoms with E-state index in [1.165, 1.54) is 0 Å². The minimum absolute atomic E-state index is 0.102. The number of thiazole rings is 1. The van der Waals surface area contributed by atoms with Crippen molar-refractivity contribution >= 4 is 27.1 Å². The first-order valence-electron chi connectivity index (χ1n) is 5.33. The molecule has 2 rings (SSSR count). The molecule has 2 aromatic rings. The van der Waals surface area contributed by atoms with Gasteiger partial charge in [0, 0.05) is 6.26 Å². The molecule has 0 unspecified atom stereocenters. The molecule has 1 aromatic carbocycles. The maximum absolute atomic E-state index is 11.2. The standard InChI is InChI=1S/C12H11NO4S2/c1-19(16,17)7-9-13-10(12(14)15)11(18-9)8-5-3-2-4-6-8/h2-6H,7H2,1H3,(H,14,15). The Kier molecular flexibility index (Phi) is 3.68. The van der Waals surface area contributed by atoms with Crippen LogP contribution >= 0.6 is 11.3 Å². The second-order valence-electron chi connectivity index (χ2n) is 4.03. The summed E-state index contributed by atoms with van der Waals surface area (Å²) in [5, 5.41) is 9.42. The van der Waals surface area contributed by atoms with Crippen molar-refractivity contribution in [2.75, 3.05) is 6.26 Å². The molecular weight excluding hydrogens is 286 g/mol. The average Bonchev–Trinajstić information content (AvgIpc) is 2.72. The van der Waals surface area contributed by atoms with Gasteiger partial charge in [0.25, 0.3) is 0 Å². The van der Waals surface area contributed by atoms with Gasteiger partial charge in [-0.1, -0.05) is 30.3 Å². The summed E-state index contributed by atoms with van der Waals surface area (Å²) in [6, 6.07) is 8.94. The molecule has 7 heteroatoms. The molecule has 0 amide bonds. The van der Waals surface area contributed by atoms with E-state index in [0.29, 0.717) is 9.88 Å². The van der Waals surface area contributed by atoms with Gasteiger partial charge in [0.2, 0.25) is 0 Å². The van der Waals surface area contributed by atoms with Gasteiger partial charge >= 0.3 is 5.97 Å². The van der Waals surface area contributed by atoms with E-state index in [4.69, 9.17) is 5.11 Å². The number of nitrogens with zero attached hydrogens (tertiary/aromatic N) is 1. The summed E-state index contributed by atoms with van der Waals surface area (Å²) in [5.74, 6) is -1.40. The highest BCUT2D eigenvalue weighted by Gasteiger charge is 2.20. The summed E-state index contributed by atoms with van der Waals surface area (Å²) in [6.07, 6.45) is 1.09. The molecule has 100 valence electrons. The van der Waals surface area contributed by atoms with Gasteiger partial charge in [-0.25, -0.2) is 18.2 Å². The molecule has 0 fully saturated rings. The van der Waals surface area contributed by atoms with Crippen molar-refractivity contribution in [2.24, 2.45) is 0 Å². The fraction of sp³-hybridized carbons (Fsp3) is 0.167. The van der Waals surface area contributed by atoms with Crippen LogP contribution in [-0.2, 0) is 15.6 Å². The third-order valence-corrected chi connectivity index (χ3v) is 4.38. The van der Waals surface area contributed by atoms with Gasteiger partial charge in [-0.2, -0.15) is 0 Å². The van der Waals surface area contributed by atoms with Crippen LogP contribution in [0.3, 0.4) is 0 Å². The third-order valence-electron chi connectivity index (χ3n) is 2.30. The summed E-state index contributed by atoms with van der Waals surface area (Å²) >= 11 is 1.10. The minimum atomic E-state index is -3.23. The van der Waals surface area contributed by atoms with E-state index in [1.54, 1.807) is 24.3 Å². The van der Waals surface area contributed by atoms with Crippen LogP contribution in [0.4, 0.5) is 0 Å². The van der Waals surface area contributed by atoms with Crippen LogP contribution < -0.4 is 0 Å². The molecule has 0 saturated carbocycles. The van der Waals surface area contributed by atoms with E-state index in [1.807, 2.05) is 6.07 Å². The number of benzene rings is 1. The Labute approximate surface area is 114 Å². The molecule has 0 spiro atoms. The summed E-state index contributed by atoms with van der Waals surface area (Å²) < 4.78 is 22.5. The van der Waals surface area contributed by atoms with Crippen molar-refractivity contribution in [1.82, 2.24) is 4.98 Å². The molecule has 0 bridgehead atoms. The lowest BCUT2D eigenvalue weighted by Gasteiger charge is -1.97. The fourth-order valence-corrected chi connectivity index (χ4v) is 3.83. The summed E-state index contributed by atoms with van der Waals surface area (Å²) in [5.41, 5.74) is 0.618. The van der Waals surface area contributed by atoms with Crippen LogP contribution in [0.5, 0.6) is 0 Å². The Morgan fingerprint density at radius 3 is 2.47 bits per heavy atom. The van der Waals surface area contributed by atoms with Gasteiger partial charge in [-0.3, -0.25) is 0 Å². The molecule has 0 saturated heterocycles. The molecule has 5 nitrogen and oxygen atoms in total. The predicted octanol–water partition coefficient (Wildman–Crippen LogP) is 2.05. The van der Waals surface area contributed by atoms with Gasteiger partial charge in [0.05, 0.1) is 4.88 Å². The maximum atomic E-state index is 11.2. The number of aromatic carboxylic acids is 1. The number of rotatable bonds is 4. The molecule has 1 heterocycles. The normalized spacial score (nSPS) is 11.4. The Morgan fingerprint density at radius 2 is 1.95 bits per heavy atom. The largest absolute Gasteiger partial charge is 0.476 e. The van der Waals surface area contributed by atoms with Crippen LogP contribution in [0.2, 0.25) is 0 Å². The van der Waals surface area contributed by atoms with Crippen LogP contribution in [0.1, 0.15) is 15.5 Å². The predicted molar refractivity (Wildman–Crippen MR) is 73.1 cm³/mol. The maximum Gasteiger partial charge on any atom is 0.356 e. The Hall–Kier alpha value is -1.73. The minimum Gasteiger partial charge on any atom is -0.476 e. The van der Waals surface area contributed by atoms with Gasteiger partial charge < -0.3 is 5.11 Å². The zero-order valence-electron chi connectivity index (χ0n) is 10.0. The molecule has 0 aliphatic carbocycles. The average molecular weight is 297 g/mol. The third kappa shape index (κ3) is 3.39. The molecule has 19 heavy (non-hydrogen) atoms. The van der Waals surface area contributed by atoms with Crippen molar-refractivity contribution in [1.29, 1.82) is 0 Å². The van der Waals surface area contributed by atoms with Crippen LogP contribution in [0, 0.1) is 0 Å². The number of carbonyl (C=O) groups is 1. The molecule has 0 aliphatic heterocycles. The first-order chi connectivity index (χ1) is 8.87. The number of hydrogen-bond donors (Lipinski definition) is 1. The van der Waals surface area contributed by atoms with Crippen molar-refractivity contribution in [3.63, 3.8) is 0 Å². The molecular formula is C12H11NO4S2. The zero-order chi connectivity index (χ0) is 14.0. The summed E-state index contributed by atoms with van der Waals surface area (Å²) in [4.78, 5) is 15.6. The van der Waals surface area contributed by atoms with Crippen molar-refractivity contribution in [2.45, 2.75) is 5.75 Å². The molecule has 0 aliphatic rings. The van der Waals surface area contributed by atoms with E-state index < -0.39 is 15.8 Å². The monoisotopic (exact) mass is 297 g/mol. The second kappa shape index (κ2) is 5.10. The van der Waals surface area contributed by atoms with E-state index >= 15 is 0 Å². The van der Waals surface area contributed by atoms with E-state index in [-0.39, 0.29) is 11.4 Å². The number of carboxylic acids is 1. The van der Waals surface area contributed by atoms with Crippen LogP contribution in [0.15, 0.2) is 30.3 Å². The van der Waals surface area contributed by atoms with Crippen molar-refractivity contribution in [3.05, 3.63) is 41.0 Å². The smallest absolute Gasteiger partial charge is 0.356 e. The summed E-state index contributed by atoms with van der Waals surface area (Å²) in [6.45, 7) is 0. The number of hydrogen-bond acceptors (Lipinski definition) is 5. The lowest BCUT2D eigenvalue weighted by Crippen LogP contribution is -2.02. The highest BCUT2D eigenvalue weighted by molar-refractivity contribution is 7.90. The van der Waals surface area contributed by atoms with E-state index in [0.717, 1.165) is 23.2 Å². The Balaban J connectivity index is 2.51. The first-order valence-corrected chi connectivity index (χ1v) is 8.20. The van der Waals surface area contributed by atoms with E-state index in [2.05, 4.69) is 4.98 Å². The van der Waals surface area contributed by atoms with Crippen LogP contribution in [-0.4, -0.2) is 30.7 Å². The van der Waals surface area contributed by atoms with Gasteiger partial charge in [-0.15, -0.1) is 11.3 Å². The van der Waals surface area contributed by atoms with Gasteiger partial charge in [0.15, 0.2) is 15.5 Å². The van der Waals surface area contributed by atoms with Gasteiger partial charge in [-0.05, 0) is 5.56 Å². The SMILES string of the molecule is CS(=O)(=O)Cc1nc(C(=O)O)c(-c2ccccc2)s1. The highest BCUT2D eigenvalue weighted by atomic mass is 32.2. The Bertz CT molecular complexity index is 705. The molecule has 0 atom stereocenters. The zero-order valence-corrected chi connectivity index (χ0v) is 11.7. The lowest BCUT2D eigenvalue weighted by molar-refractivity contribution is 0.0692. The molecule has 1 N–H and O–H groups in total. The molecule has 0 radical (unpaired) electrons. The lowest BCUT2D eigenvalue weighted by atomic mass is 10.1. The first kappa shape index (κ1) is 13.7. The Morgan fingerprint density at radius 1 is 1.32 bits per heavy atom. The highest BCUT2D eigenvalue weighted by Crippen LogP contribution is 2.31. The molecule has 1 aromatic heterocycles. The number of carboxylic acid groups (broad SMARTS) is 1.